The van der Waals surface area contributed by atoms with Gasteiger partial charge < -0.3 is 14.4 Å². The molecule has 3 rings (SSSR count). The van der Waals surface area contributed by atoms with Crippen LogP contribution in [0.15, 0.2) is 5.38 Å². The second-order valence-electron chi connectivity index (χ2n) is 7.39. The lowest BCUT2D eigenvalue weighted by Gasteiger charge is -2.20. The molecule has 3 atom stereocenters. The molecular weight excluding hydrogens is 324 g/mol. The van der Waals surface area contributed by atoms with Crippen LogP contribution in [-0.2, 0) is 20.9 Å². The highest BCUT2D eigenvalue weighted by Gasteiger charge is 2.44. The Morgan fingerprint density at radius 1 is 1.50 bits per heavy atom. The Morgan fingerprint density at radius 3 is 3.04 bits per heavy atom. The van der Waals surface area contributed by atoms with Crippen LogP contribution < -0.4 is 0 Å². The molecule has 0 spiro atoms. The van der Waals surface area contributed by atoms with Gasteiger partial charge in [-0.25, -0.2) is 4.98 Å². The minimum atomic E-state index is 0.229. The number of amides is 1. The summed E-state index contributed by atoms with van der Waals surface area (Å²) in [6, 6.07) is 0. The lowest BCUT2D eigenvalue weighted by molar-refractivity contribution is -0.131. The number of rotatable bonds is 7. The van der Waals surface area contributed by atoms with E-state index in [1.807, 2.05) is 11.8 Å². The highest BCUT2D eigenvalue weighted by Crippen LogP contribution is 2.35. The van der Waals surface area contributed by atoms with Crippen LogP contribution >= 0.6 is 11.3 Å². The molecule has 24 heavy (non-hydrogen) atoms. The molecule has 1 amide bonds. The molecule has 0 unspecified atom stereocenters. The maximum absolute atomic E-state index is 12.3. The lowest BCUT2D eigenvalue weighted by atomic mass is 9.91. The van der Waals surface area contributed by atoms with Crippen molar-refractivity contribution in [2.45, 2.75) is 46.3 Å². The summed E-state index contributed by atoms with van der Waals surface area (Å²) in [5, 5.41) is 3.14. The first-order valence-corrected chi connectivity index (χ1v) is 9.79. The van der Waals surface area contributed by atoms with Crippen molar-refractivity contribution in [1.29, 1.82) is 0 Å². The zero-order valence-corrected chi connectivity index (χ0v) is 15.7. The number of nitrogens with zero attached hydrogens (tertiary/aromatic N) is 2. The molecule has 6 heteroatoms. The topological polar surface area (TPSA) is 51.7 Å². The van der Waals surface area contributed by atoms with Gasteiger partial charge in [0.2, 0.25) is 5.91 Å². The van der Waals surface area contributed by atoms with Gasteiger partial charge in [-0.2, -0.15) is 0 Å². The Hall–Kier alpha value is -0.980. The summed E-state index contributed by atoms with van der Waals surface area (Å²) in [6.45, 7) is 9.94. The number of carbonyl (C=O) groups is 1. The average Bonchev–Trinajstić information content (AvgIpc) is 3.19. The molecule has 3 heterocycles. The molecule has 2 aliphatic heterocycles. The second-order valence-corrected chi connectivity index (χ2v) is 8.45. The molecule has 2 fully saturated rings. The van der Waals surface area contributed by atoms with Gasteiger partial charge in [0.25, 0.3) is 0 Å². The van der Waals surface area contributed by atoms with Crippen molar-refractivity contribution >= 4 is 17.2 Å². The van der Waals surface area contributed by atoms with E-state index >= 15 is 0 Å². The lowest BCUT2D eigenvalue weighted by Crippen LogP contribution is -2.32. The molecule has 2 saturated heterocycles. The first kappa shape index (κ1) is 17.8. The first-order chi connectivity index (χ1) is 11.5. The van der Waals surface area contributed by atoms with Gasteiger partial charge in [-0.05, 0) is 25.2 Å². The van der Waals surface area contributed by atoms with Gasteiger partial charge in [0.15, 0.2) is 0 Å². The third kappa shape index (κ3) is 4.35. The number of aryl methyl sites for hydroxylation is 1. The van der Waals surface area contributed by atoms with E-state index in [1.54, 1.807) is 11.3 Å². The SMILES string of the molecule is Cc1nc(COCC[C@H]2CO[C@H]3CN(C(=O)CC(C)C)C[C@@H]23)cs1. The number of likely N-dealkylation sites (tertiary alicyclic amines) is 1. The molecule has 0 aromatic carbocycles. The largest absolute Gasteiger partial charge is 0.376 e. The van der Waals surface area contributed by atoms with Gasteiger partial charge in [-0.1, -0.05) is 13.8 Å². The number of fused-ring (bicyclic) bond motifs is 1. The quantitative estimate of drug-likeness (QED) is 0.708. The number of hydrogen-bond donors (Lipinski definition) is 0. The Kier molecular flexibility index (Phi) is 5.89. The van der Waals surface area contributed by atoms with Crippen molar-refractivity contribution in [2.75, 3.05) is 26.3 Å². The van der Waals surface area contributed by atoms with Crippen molar-refractivity contribution in [2.24, 2.45) is 17.8 Å². The fourth-order valence-corrected chi connectivity index (χ4v) is 4.26. The molecule has 1 aromatic rings. The van der Waals surface area contributed by atoms with Crippen LogP contribution in [0.3, 0.4) is 0 Å². The van der Waals surface area contributed by atoms with Crippen molar-refractivity contribution in [3.63, 3.8) is 0 Å². The van der Waals surface area contributed by atoms with Gasteiger partial charge in [0.1, 0.15) is 0 Å². The highest BCUT2D eigenvalue weighted by molar-refractivity contribution is 7.09. The Labute approximate surface area is 148 Å². The zero-order valence-electron chi connectivity index (χ0n) is 14.9. The van der Waals surface area contributed by atoms with Crippen LogP contribution in [0.1, 0.15) is 37.4 Å². The van der Waals surface area contributed by atoms with Gasteiger partial charge in [0, 0.05) is 37.4 Å². The fraction of sp³-hybridized carbons (Fsp3) is 0.778. The molecule has 0 bridgehead atoms. The van der Waals surface area contributed by atoms with E-state index < -0.39 is 0 Å². The number of ether oxygens (including phenoxy) is 2. The Balaban J connectivity index is 1.40. The monoisotopic (exact) mass is 352 g/mol. The van der Waals surface area contributed by atoms with E-state index in [0.717, 1.165) is 43.4 Å². The summed E-state index contributed by atoms with van der Waals surface area (Å²) in [4.78, 5) is 18.7. The molecule has 0 radical (unpaired) electrons. The highest BCUT2D eigenvalue weighted by atomic mass is 32.1. The number of thiazole rings is 1. The molecule has 1 aromatic heterocycles. The van der Waals surface area contributed by atoms with Gasteiger partial charge in [0.05, 0.1) is 30.0 Å². The van der Waals surface area contributed by atoms with Crippen LogP contribution in [0.4, 0.5) is 0 Å². The van der Waals surface area contributed by atoms with Gasteiger partial charge in [-0.15, -0.1) is 11.3 Å². The van der Waals surface area contributed by atoms with E-state index in [1.165, 1.54) is 0 Å². The van der Waals surface area contributed by atoms with Crippen molar-refractivity contribution in [1.82, 2.24) is 9.88 Å². The number of hydrogen-bond acceptors (Lipinski definition) is 5. The predicted octanol–water partition coefficient (Wildman–Crippen LogP) is 2.88. The molecule has 5 nitrogen and oxygen atoms in total. The second kappa shape index (κ2) is 7.93. The third-order valence-electron chi connectivity index (χ3n) is 4.92. The smallest absolute Gasteiger partial charge is 0.222 e. The van der Waals surface area contributed by atoms with Gasteiger partial charge in [-0.3, -0.25) is 4.79 Å². The first-order valence-electron chi connectivity index (χ1n) is 8.91. The minimum Gasteiger partial charge on any atom is -0.376 e. The predicted molar refractivity (Wildman–Crippen MR) is 93.9 cm³/mol. The third-order valence-corrected chi connectivity index (χ3v) is 5.75. The van der Waals surface area contributed by atoms with Crippen LogP contribution in [0.2, 0.25) is 0 Å². The van der Waals surface area contributed by atoms with Crippen molar-refractivity contribution < 1.29 is 14.3 Å². The summed E-state index contributed by atoms with van der Waals surface area (Å²) in [6.07, 6.45) is 1.86. The van der Waals surface area contributed by atoms with Crippen LogP contribution in [0, 0.1) is 24.7 Å². The summed E-state index contributed by atoms with van der Waals surface area (Å²) in [5.41, 5.74) is 1.02. The normalized spacial score (nSPS) is 26.3. The van der Waals surface area contributed by atoms with E-state index in [9.17, 15) is 4.79 Å². The maximum atomic E-state index is 12.3. The summed E-state index contributed by atoms with van der Waals surface area (Å²) >= 11 is 1.66. The molecule has 0 saturated carbocycles. The standard InChI is InChI=1S/C18H28N2O3S/c1-12(2)6-18(21)20-7-16-14(9-23-17(16)8-20)4-5-22-10-15-11-24-13(3)19-15/h11-12,14,16-17H,4-10H2,1-3H3/t14-,16-,17-/m0/s1. The van der Waals surface area contributed by atoms with Crippen molar-refractivity contribution in [3.8, 4) is 0 Å². The van der Waals surface area contributed by atoms with Crippen LogP contribution in [-0.4, -0.2) is 48.2 Å². The molecule has 2 aliphatic rings. The average molecular weight is 353 g/mol. The molecular formula is C18H28N2O3S. The maximum Gasteiger partial charge on any atom is 0.222 e. The van der Waals surface area contributed by atoms with Crippen LogP contribution in [0.25, 0.3) is 0 Å². The van der Waals surface area contributed by atoms with E-state index in [0.29, 0.717) is 30.8 Å². The Morgan fingerprint density at radius 2 is 2.33 bits per heavy atom. The molecule has 134 valence electrons. The summed E-state index contributed by atoms with van der Waals surface area (Å²) < 4.78 is 11.7. The number of aromatic nitrogens is 1. The molecule has 0 N–H and O–H groups in total. The number of carbonyl (C=O) groups excluding carboxylic acids is 1. The van der Waals surface area contributed by atoms with E-state index in [2.05, 4.69) is 24.2 Å². The fourth-order valence-electron chi connectivity index (χ4n) is 3.66. The van der Waals surface area contributed by atoms with Crippen molar-refractivity contribution in [3.05, 3.63) is 16.1 Å². The summed E-state index contributed by atoms with van der Waals surface area (Å²) in [5.74, 6) is 1.67. The van der Waals surface area contributed by atoms with E-state index in [-0.39, 0.29) is 12.0 Å². The van der Waals surface area contributed by atoms with Crippen LogP contribution in [0.5, 0.6) is 0 Å². The molecule has 0 aliphatic carbocycles. The summed E-state index contributed by atoms with van der Waals surface area (Å²) in [7, 11) is 0. The zero-order chi connectivity index (χ0) is 17.1. The minimum absolute atomic E-state index is 0.229. The Bertz CT molecular complexity index is 560. The van der Waals surface area contributed by atoms with Gasteiger partial charge >= 0.3 is 0 Å². The van der Waals surface area contributed by atoms with E-state index in [4.69, 9.17) is 9.47 Å².